The zero-order chi connectivity index (χ0) is 11.4. The van der Waals surface area contributed by atoms with E-state index in [0.29, 0.717) is 0 Å². The molecule has 0 unspecified atom stereocenters. The fourth-order valence-electron chi connectivity index (χ4n) is 1.28. The smallest absolute Gasteiger partial charge is 0.151 e. The highest BCUT2D eigenvalue weighted by molar-refractivity contribution is 8.01. The lowest BCUT2D eigenvalue weighted by atomic mass is 10.3. The van der Waals surface area contributed by atoms with E-state index in [4.69, 9.17) is 0 Å². The predicted octanol–water partition coefficient (Wildman–Crippen LogP) is 3.16. The van der Waals surface area contributed by atoms with Crippen molar-refractivity contribution in [3.8, 4) is 0 Å². The van der Waals surface area contributed by atoms with E-state index >= 15 is 0 Å². The number of hydrogen-bond donors (Lipinski definition) is 0. The van der Waals surface area contributed by atoms with Gasteiger partial charge >= 0.3 is 0 Å². The third-order valence-electron chi connectivity index (χ3n) is 2.13. The summed E-state index contributed by atoms with van der Waals surface area (Å²) >= 11 is 3.41. The number of benzene rings is 1. The normalized spacial score (nSPS) is 13.1. The van der Waals surface area contributed by atoms with Gasteiger partial charge in [0.15, 0.2) is 4.34 Å². The van der Waals surface area contributed by atoms with Crippen LogP contribution < -0.4 is 0 Å². The molecule has 0 aliphatic rings. The van der Waals surface area contributed by atoms with Crippen LogP contribution in [0.15, 0.2) is 28.6 Å². The maximum Gasteiger partial charge on any atom is 0.151 e. The first-order valence-corrected chi connectivity index (χ1v) is 8.42. The Bertz CT molecular complexity index is 462. The SMILES string of the molecule is CC[S@@](=O)CCSc1nc2ccccc2s1. The van der Waals surface area contributed by atoms with Gasteiger partial charge in [-0.15, -0.1) is 11.3 Å². The first-order valence-electron chi connectivity index (χ1n) is 5.13. The zero-order valence-electron chi connectivity index (χ0n) is 9.01. The number of rotatable bonds is 5. The molecule has 0 aliphatic carbocycles. The van der Waals surface area contributed by atoms with E-state index in [9.17, 15) is 4.21 Å². The number of aromatic nitrogens is 1. The van der Waals surface area contributed by atoms with Gasteiger partial charge < -0.3 is 0 Å². The van der Waals surface area contributed by atoms with Gasteiger partial charge in [0.25, 0.3) is 0 Å². The first-order chi connectivity index (χ1) is 7.79. The van der Waals surface area contributed by atoms with Gasteiger partial charge in [0, 0.05) is 28.1 Å². The molecule has 0 N–H and O–H groups in total. The summed E-state index contributed by atoms with van der Waals surface area (Å²) < 4.78 is 13.6. The van der Waals surface area contributed by atoms with Gasteiger partial charge in [-0.25, -0.2) is 4.98 Å². The van der Waals surface area contributed by atoms with Gasteiger partial charge in [0.2, 0.25) is 0 Å². The lowest BCUT2D eigenvalue weighted by Crippen LogP contribution is -2.01. The van der Waals surface area contributed by atoms with E-state index in [2.05, 4.69) is 11.1 Å². The van der Waals surface area contributed by atoms with Crippen LogP contribution in [0.4, 0.5) is 0 Å². The van der Waals surface area contributed by atoms with E-state index in [1.165, 1.54) is 4.70 Å². The van der Waals surface area contributed by atoms with Crippen molar-refractivity contribution in [1.82, 2.24) is 4.98 Å². The number of fused-ring (bicyclic) bond motifs is 1. The van der Waals surface area contributed by atoms with Crippen LogP contribution in [0.5, 0.6) is 0 Å². The van der Waals surface area contributed by atoms with Crippen LogP contribution in [-0.2, 0) is 10.8 Å². The topological polar surface area (TPSA) is 30.0 Å². The van der Waals surface area contributed by atoms with Crippen molar-refractivity contribution in [2.24, 2.45) is 0 Å². The molecule has 1 atom stereocenters. The maximum atomic E-state index is 11.3. The van der Waals surface area contributed by atoms with Crippen molar-refractivity contribution in [2.75, 3.05) is 17.3 Å². The van der Waals surface area contributed by atoms with E-state index < -0.39 is 10.8 Å². The molecule has 1 aromatic carbocycles. The minimum absolute atomic E-state index is 0.662. The Morgan fingerprint density at radius 2 is 2.25 bits per heavy atom. The molecular formula is C11H13NOS3. The molecule has 86 valence electrons. The number of nitrogens with zero attached hydrogens (tertiary/aromatic N) is 1. The van der Waals surface area contributed by atoms with Gasteiger partial charge in [0.05, 0.1) is 10.2 Å². The molecular weight excluding hydrogens is 258 g/mol. The van der Waals surface area contributed by atoms with Gasteiger partial charge in [0.1, 0.15) is 0 Å². The Kier molecular flexibility index (Phi) is 4.37. The molecule has 0 amide bonds. The lowest BCUT2D eigenvalue weighted by molar-refractivity contribution is 0.685. The van der Waals surface area contributed by atoms with Crippen molar-refractivity contribution in [2.45, 2.75) is 11.3 Å². The van der Waals surface area contributed by atoms with Gasteiger partial charge in [-0.05, 0) is 12.1 Å². The van der Waals surface area contributed by atoms with Crippen molar-refractivity contribution < 1.29 is 4.21 Å². The third kappa shape index (κ3) is 3.06. The molecule has 0 spiro atoms. The molecule has 2 nitrogen and oxygen atoms in total. The average Bonchev–Trinajstić information content (AvgIpc) is 2.71. The number of thioether (sulfide) groups is 1. The molecule has 0 fully saturated rings. The highest BCUT2D eigenvalue weighted by Crippen LogP contribution is 2.29. The monoisotopic (exact) mass is 271 g/mol. The number of para-hydroxylation sites is 1. The van der Waals surface area contributed by atoms with E-state index in [0.717, 1.165) is 27.1 Å². The average molecular weight is 271 g/mol. The standard InChI is InChI=1S/C11H13NOS3/c1-2-16(13)8-7-14-11-12-9-5-3-4-6-10(9)15-11/h3-6H,2,7-8H2,1H3/t16-/m1/s1. The molecule has 0 bridgehead atoms. The molecule has 0 aliphatic heterocycles. The highest BCUT2D eigenvalue weighted by atomic mass is 32.2. The van der Waals surface area contributed by atoms with Crippen molar-refractivity contribution in [3.63, 3.8) is 0 Å². The summed E-state index contributed by atoms with van der Waals surface area (Å²) in [5.74, 6) is 2.40. The summed E-state index contributed by atoms with van der Waals surface area (Å²) in [4.78, 5) is 4.52. The quantitative estimate of drug-likeness (QED) is 0.783. The van der Waals surface area contributed by atoms with Gasteiger partial charge in [-0.2, -0.15) is 0 Å². The summed E-state index contributed by atoms with van der Waals surface area (Å²) in [5.41, 5.74) is 1.06. The Morgan fingerprint density at radius 3 is 3.00 bits per heavy atom. The van der Waals surface area contributed by atoms with Crippen molar-refractivity contribution in [1.29, 1.82) is 0 Å². The summed E-state index contributed by atoms with van der Waals surface area (Å²) in [6, 6.07) is 8.14. The molecule has 2 aromatic rings. The van der Waals surface area contributed by atoms with Crippen LogP contribution >= 0.6 is 23.1 Å². The fourth-order valence-corrected chi connectivity index (χ4v) is 4.43. The molecule has 5 heteroatoms. The summed E-state index contributed by atoms with van der Waals surface area (Å²) in [6.07, 6.45) is 0. The number of thiazole rings is 1. The third-order valence-corrected chi connectivity index (χ3v) is 5.88. The molecule has 0 saturated heterocycles. The molecule has 16 heavy (non-hydrogen) atoms. The first kappa shape index (κ1) is 12.1. The van der Waals surface area contributed by atoms with E-state index in [1.807, 2.05) is 25.1 Å². The summed E-state index contributed by atoms with van der Waals surface area (Å²) in [6.45, 7) is 1.96. The molecule has 1 heterocycles. The van der Waals surface area contributed by atoms with E-state index in [1.54, 1.807) is 23.1 Å². The molecule has 0 saturated carbocycles. The summed E-state index contributed by atoms with van der Waals surface area (Å²) in [5, 5.41) is 0. The Morgan fingerprint density at radius 1 is 1.44 bits per heavy atom. The molecule has 1 aromatic heterocycles. The summed E-state index contributed by atoms with van der Waals surface area (Å²) in [7, 11) is -0.662. The molecule has 0 radical (unpaired) electrons. The largest absolute Gasteiger partial charge is 0.260 e. The Hall–Kier alpha value is -0.390. The fraction of sp³-hybridized carbons (Fsp3) is 0.364. The van der Waals surface area contributed by atoms with Crippen LogP contribution in [-0.4, -0.2) is 26.5 Å². The maximum absolute atomic E-state index is 11.3. The predicted molar refractivity (Wildman–Crippen MR) is 73.9 cm³/mol. The highest BCUT2D eigenvalue weighted by Gasteiger charge is 2.04. The Labute approximate surface area is 106 Å². The minimum Gasteiger partial charge on any atom is -0.260 e. The Balaban J connectivity index is 1.97. The van der Waals surface area contributed by atoms with Gasteiger partial charge in [-0.1, -0.05) is 30.8 Å². The van der Waals surface area contributed by atoms with Crippen molar-refractivity contribution >= 4 is 44.1 Å². The van der Waals surface area contributed by atoms with Crippen molar-refractivity contribution in [3.05, 3.63) is 24.3 Å². The lowest BCUT2D eigenvalue weighted by Gasteiger charge is -1.96. The second-order valence-electron chi connectivity index (χ2n) is 3.23. The number of hydrogen-bond acceptors (Lipinski definition) is 4. The van der Waals surface area contributed by atoms with Gasteiger partial charge in [-0.3, -0.25) is 4.21 Å². The van der Waals surface area contributed by atoms with Crippen LogP contribution in [0.1, 0.15) is 6.92 Å². The zero-order valence-corrected chi connectivity index (χ0v) is 11.5. The van der Waals surface area contributed by atoms with Crippen LogP contribution in [0.2, 0.25) is 0 Å². The van der Waals surface area contributed by atoms with Crippen LogP contribution in [0.3, 0.4) is 0 Å². The van der Waals surface area contributed by atoms with Crippen LogP contribution in [0.25, 0.3) is 10.2 Å². The second kappa shape index (κ2) is 5.80. The second-order valence-corrected chi connectivity index (χ2v) is 7.47. The van der Waals surface area contributed by atoms with E-state index in [-0.39, 0.29) is 0 Å². The van der Waals surface area contributed by atoms with Crippen LogP contribution in [0, 0.1) is 0 Å². The minimum atomic E-state index is -0.662. The molecule has 2 rings (SSSR count).